The summed E-state index contributed by atoms with van der Waals surface area (Å²) in [5.41, 5.74) is 3.76. The number of amides is 1. The highest BCUT2D eigenvalue weighted by Crippen LogP contribution is 2.48. The van der Waals surface area contributed by atoms with E-state index in [1.54, 1.807) is 0 Å². The van der Waals surface area contributed by atoms with Crippen molar-refractivity contribution < 1.29 is 9.53 Å². The number of aromatic nitrogens is 1. The minimum absolute atomic E-state index is 0.0361. The van der Waals surface area contributed by atoms with Gasteiger partial charge in [0.15, 0.2) is 0 Å². The molecule has 5 nitrogen and oxygen atoms in total. The van der Waals surface area contributed by atoms with Gasteiger partial charge in [-0.25, -0.2) is 0 Å². The second kappa shape index (κ2) is 7.56. The lowest BCUT2D eigenvalue weighted by molar-refractivity contribution is 0.0930. The van der Waals surface area contributed by atoms with E-state index in [9.17, 15) is 4.79 Å². The number of benzene rings is 2. The zero-order chi connectivity index (χ0) is 20.6. The molecule has 0 saturated heterocycles. The SMILES string of the molecule is Cc1ccc(OCCN(C)C)cc1C(=O)NC1(c2cn(C)c3ccccc23)CC1. The Balaban J connectivity index is 1.56. The van der Waals surface area contributed by atoms with Crippen molar-refractivity contribution in [3.8, 4) is 5.75 Å². The Labute approximate surface area is 172 Å². The Bertz CT molecular complexity index is 1050. The minimum Gasteiger partial charge on any atom is -0.492 e. The third kappa shape index (κ3) is 3.87. The molecule has 0 aliphatic heterocycles. The fourth-order valence-corrected chi connectivity index (χ4v) is 3.88. The molecule has 3 aromatic rings. The van der Waals surface area contributed by atoms with Crippen LogP contribution < -0.4 is 10.1 Å². The number of carbonyl (C=O) groups is 1. The molecule has 2 aromatic carbocycles. The lowest BCUT2D eigenvalue weighted by Gasteiger charge is -2.19. The number of hydrogen-bond acceptors (Lipinski definition) is 3. The van der Waals surface area contributed by atoms with Crippen LogP contribution in [0.3, 0.4) is 0 Å². The zero-order valence-corrected chi connectivity index (χ0v) is 17.7. The molecule has 0 spiro atoms. The van der Waals surface area contributed by atoms with Gasteiger partial charge in [-0.3, -0.25) is 4.79 Å². The molecule has 152 valence electrons. The lowest BCUT2D eigenvalue weighted by Crippen LogP contribution is -2.35. The van der Waals surface area contributed by atoms with E-state index in [0.29, 0.717) is 12.2 Å². The van der Waals surface area contributed by atoms with Crippen molar-refractivity contribution in [2.45, 2.75) is 25.3 Å². The van der Waals surface area contributed by atoms with Gasteiger partial charge in [-0.2, -0.15) is 0 Å². The molecular formula is C24H29N3O2. The fraction of sp³-hybridized carbons (Fsp3) is 0.375. The van der Waals surface area contributed by atoms with Crippen LogP contribution in [0.1, 0.15) is 34.3 Å². The smallest absolute Gasteiger partial charge is 0.252 e. The minimum atomic E-state index is -0.272. The Hall–Kier alpha value is -2.79. The first-order valence-corrected chi connectivity index (χ1v) is 10.1. The fourth-order valence-electron chi connectivity index (χ4n) is 3.88. The number of para-hydroxylation sites is 1. The number of hydrogen-bond donors (Lipinski definition) is 1. The molecule has 1 aliphatic rings. The second-order valence-electron chi connectivity index (χ2n) is 8.34. The van der Waals surface area contributed by atoms with Crippen molar-refractivity contribution in [1.29, 1.82) is 0 Å². The molecule has 1 saturated carbocycles. The van der Waals surface area contributed by atoms with E-state index in [1.807, 2.05) is 39.2 Å². The number of fused-ring (bicyclic) bond motifs is 1. The predicted molar refractivity (Wildman–Crippen MR) is 117 cm³/mol. The van der Waals surface area contributed by atoms with Crippen molar-refractivity contribution in [3.05, 3.63) is 65.4 Å². The number of aryl methyl sites for hydroxylation is 2. The molecular weight excluding hydrogens is 362 g/mol. The summed E-state index contributed by atoms with van der Waals surface area (Å²) in [6.45, 7) is 3.40. The Kier molecular flexibility index (Phi) is 5.09. The summed E-state index contributed by atoms with van der Waals surface area (Å²) < 4.78 is 7.97. The number of ether oxygens (including phenoxy) is 1. The average Bonchev–Trinajstić information content (AvgIpc) is 3.39. The highest BCUT2D eigenvalue weighted by Gasteiger charge is 2.47. The number of likely N-dealkylation sites (N-methyl/N-ethyl adjacent to an activating group) is 1. The van der Waals surface area contributed by atoms with Gasteiger partial charge >= 0.3 is 0 Å². The van der Waals surface area contributed by atoms with E-state index in [1.165, 1.54) is 16.5 Å². The summed E-state index contributed by atoms with van der Waals surface area (Å²) >= 11 is 0. The van der Waals surface area contributed by atoms with Crippen molar-refractivity contribution in [3.63, 3.8) is 0 Å². The third-order valence-corrected chi connectivity index (χ3v) is 5.78. The van der Waals surface area contributed by atoms with Crippen molar-refractivity contribution in [1.82, 2.24) is 14.8 Å². The van der Waals surface area contributed by atoms with Crippen molar-refractivity contribution in [2.75, 3.05) is 27.2 Å². The maximum Gasteiger partial charge on any atom is 0.252 e. The van der Waals surface area contributed by atoms with Crippen LogP contribution in [0.15, 0.2) is 48.7 Å². The van der Waals surface area contributed by atoms with Crippen molar-refractivity contribution in [2.24, 2.45) is 7.05 Å². The van der Waals surface area contributed by atoms with Crippen LogP contribution >= 0.6 is 0 Å². The Morgan fingerprint density at radius 2 is 1.97 bits per heavy atom. The summed E-state index contributed by atoms with van der Waals surface area (Å²) in [7, 11) is 6.09. The quantitative estimate of drug-likeness (QED) is 0.666. The van der Waals surface area contributed by atoms with E-state index in [0.717, 1.165) is 30.7 Å². The summed E-state index contributed by atoms with van der Waals surface area (Å²) in [6.07, 6.45) is 4.08. The first-order valence-electron chi connectivity index (χ1n) is 10.1. The first kappa shape index (κ1) is 19.5. The summed E-state index contributed by atoms with van der Waals surface area (Å²) in [4.78, 5) is 15.3. The van der Waals surface area contributed by atoms with Gasteiger partial charge in [0, 0.05) is 41.8 Å². The van der Waals surface area contributed by atoms with Crippen LogP contribution in [-0.2, 0) is 12.6 Å². The molecule has 29 heavy (non-hydrogen) atoms. The van der Waals surface area contributed by atoms with E-state index < -0.39 is 0 Å². The van der Waals surface area contributed by atoms with Gasteiger partial charge in [0.1, 0.15) is 12.4 Å². The largest absolute Gasteiger partial charge is 0.492 e. The topological polar surface area (TPSA) is 46.5 Å². The normalized spacial score (nSPS) is 14.9. The Morgan fingerprint density at radius 1 is 1.21 bits per heavy atom. The number of nitrogens with zero attached hydrogens (tertiary/aromatic N) is 2. The van der Waals surface area contributed by atoms with Crippen LogP contribution in [0.4, 0.5) is 0 Å². The number of rotatable bonds is 7. The first-order chi connectivity index (χ1) is 13.9. The third-order valence-electron chi connectivity index (χ3n) is 5.78. The molecule has 1 N–H and O–H groups in total. The van der Waals surface area contributed by atoms with E-state index >= 15 is 0 Å². The van der Waals surface area contributed by atoms with Crippen LogP contribution in [0, 0.1) is 6.92 Å². The van der Waals surface area contributed by atoms with Crippen molar-refractivity contribution >= 4 is 16.8 Å². The van der Waals surface area contributed by atoms with Gasteiger partial charge in [-0.1, -0.05) is 24.3 Å². The lowest BCUT2D eigenvalue weighted by atomic mass is 10.0. The van der Waals surface area contributed by atoms with Gasteiger partial charge < -0.3 is 19.5 Å². The van der Waals surface area contributed by atoms with E-state index in [2.05, 4.69) is 52.3 Å². The average molecular weight is 392 g/mol. The van der Waals surface area contributed by atoms with E-state index in [-0.39, 0.29) is 11.4 Å². The monoisotopic (exact) mass is 391 g/mol. The van der Waals surface area contributed by atoms with Crippen LogP contribution in [0.5, 0.6) is 5.75 Å². The standard InChI is InChI=1S/C24H29N3O2/c1-17-9-10-18(29-14-13-26(2)3)15-20(17)23(28)25-24(11-12-24)21-16-27(4)22-8-6-5-7-19(21)22/h5-10,15-16H,11-14H2,1-4H3,(H,25,28). The zero-order valence-electron chi connectivity index (χ0n) is 17.7. The molecule has 1 fully saturated rings. The molecule has 1 heterocycles. The highest BCUT2D eigenvalue weighted by atomic mass is 16.5. The molecule has 0 atom stereocenters. The highest BCUT2D eigenvalue weighted by molar-refractivity contribution is 5.97. The number of nitrogens with one attached hydrogen (secondary N) is 1. The van der Waals surface area contributed by atoms with E-state index in [4.69, 9.17) is 4.74 Å². The maximum absolute atomic E-state index is 13.2. The summed E-state index contributed by atoms with van der Waals surface area (Å²) in [5.74, 6) is 0.698. The molecule has 4 rings (SSSR count). The summed E-state index contributed by atoms with van der Waals surface area (Å²) in [5, 5.41) is 4.54. The molecule has 1 aliphatic carbocycles. The maximum atomic E-state index is 13.2. The van der Waals surface area contributed by atoms with Crippen LogP contribution in [-0.4, -0.2) is 42.6 Å². The molecule has 0 unspecified atom stereocenters. The molecule has 0 radical (unpaired) electrons. The molecule has 1 amide bonds. The van der Waals surface area contributed by atoms with Gasteiger partial charge in [0.25, 0.3) is 5.91 Å². The molecule has 1 aromatic heterocycles. The van der Waals surface area contributed by atoms with Gasteiger partial charge in [0.2, 0.25) is 0 Å². The number of carbonyl (C=O) groups excluding carboxylic acids is 1. The van der Waals surface area contributed by atoms with Crippen LogP contribution in [0.25, 0.3) is 10.9 Å². The van der Waals surface area contributed by atoms with Gasteiger partial charge in [0.05, 0.1) is 5.54 Å². The molecule has 5 heteroatoms. The Morgan fingerprint density at radius 3 is 2.69 bits per heavy atom. The van der Waals surface area contributed by atoms with Crippen LogP contribution in [0.2, 0.25) is 0 Å². The van der Waals surface area contributed by atoms with Gasteiger partial charge in [-0.05, 0) is 57.6 Å². The predicted octanol–water partition coefficient (Wildman–Crippen LogP) is 3.85. The van der Waals surface area contributed by atoms with Gasteiger partial charge in [-0.15, -0.1) is 0 Å². The second-order valence-corrected chi connectivity index (χ2v) is 8.34. The molecule has 0 bridgehead atoms. The summed E-state index contributed by atoms with van der Waals surface area (Å²) in [6, 6.07) is 14.1.